The summed E-state index contributed by atoms with van der Waals surface area (Å²) in [4.78, 5) is 0. The van der Waals surface area contributed by atoms with E-state index in [2.05, 4.69) is 0 Å². The summed E-state index contributed by atoms with van der Waals surface area (Å²) >= 11 is 6.26. The monoisotopic (exact) mass is 305 g/mol. The Labute approximate surface area is 130 Å². The predicted octanol–water partition coefficient (Wildman–Crippen LogP) is 4.12. The SMILES string of the molecule is COc1cc(C)ccc1OC(c1ccccc1Cl)C(C)N. The van der Waals surface area contributed by atoms with Gasteiger partial charge in [0.2, 0.25) is 0 Å². The highest BCUT2D eigenvalue weighted by Gasteiger charge is 2.22. The summed E-state index contributed by atoms with van der Waals surface area (Å²) in [5, 5.41) is 0.644. The second-order valence-electron chi connectivity index (χ2n) is 5.07. The van der Waals surface area contributed by atoms with E-state index in [1.54, 1.807) is 7.11 Å². The third-order valence-corrected chi connectivity index (χ3v) is 3.61. The number of hydrogen-bond acceptors (Lipinski definition) is 3. The molecule has 0 amide bonds. The fraction of sp³-hybridized carbons (Fsp3) is 0.294. The highest BCUT2D eigenvalue weighted by molar-refractivity contribution is 6.31. The van der Waals surface area contributed by atoms with E-state index in [0.717, 1.165) is 11.1 Å². The molecule has 0 fully saturated rings. The van der Waals surface area contributed by atoms with Crippen molar-refractivity contribution in [2.24, 2.45) is 5.73 Å². The zero-order chi connectivity index (χ0) is 15.4. The molecule has 2 unspecified atom stereocenters. The molecule has 0 spiro atoms. The Balaban J connectivity index is 2.36. The highest BCUT2D eigenvalue weighted by atomic mass is 35.5. The molecule has 0 saturated heterocycles. The van der Waals surface area contributed by atoms with Crippen molar-refractivity contribution < 1.29 is 9.47 Å². The summed E-state index contributed by atoms with van der Waals surface area (Å²) in [6.07, 6.45) is -0.338. The van der Waals surface area contributed by atoms with E-state index in [1.807, 2.05) is 56.3 Å². The lowest BCUT2D eigenvalue weighted by Gasteiger charge is -2.25. The lowest BCUT2D eigenvalue weighted by molar-refractivity contribution is 0.173. The molecule has 2 aromatic carbocycles. The topological polar surface area (TPSA) is 44.5 Å². The summed E-state index contributed by atoms with van der Waals surface area (Å²) in [5.41, 5.74) is 8.06. The van der Waals surface area contributed by atoms with Gasteiger partial charge in [-0.1, -0.05) is 35.9 Å². The van der Waals surface area contributed by atoms with Gasteiger partial charge in [-0.2, -0.15) is 0 Å². The van der Waals surface area contributed by atoms with Gasteiger partial charge in [-0.25, -0.2) is 0 Å². The van der Waals surface area contributed by atoms with E-state index in [0.29, 0.717) is 16.5 Å². The van der Waals surface area contributed by atoms with E-state index in [4.69, 9.17) is 26.8 Å². The first kappa shape index (κ1) is 15.7. The van der Waals surface area contributed by atoms with Gasteiger partial charge in [0.25, 0.3) is 0 Å². The van der Waals surface area contributed by atoms with Gasteiger partial charge in [-0.3, -0.25) is 0 Å². The smallest absolute Gasteiger partial charge is 0.162 e. The molecule has 0 heterocycles. The van der Waals surface area contributed by atoms with Crippen LogP contribution in [0.3, 0.4) is 0 Å². The summed E-state index contributed by atoms with van der Waals surface area (Å²) in [7, 11) is 1.62. The maximum atomic E-state index is 6.26. The van der Waals surface area contributed by atoms with Crippen LogP contribution in [0.1, 0.15) is 24.2 Å². The van der Waals surface area contributed by atoms with Crippen LogP contribution in [0, 0.1) is 6.92 Å². The highest BCUT2D eigenvalue weighted by Crippen LogP contribution is 2.34. The Hall–Kier alpha value is -1.71. The van der Waals surface area contributed by atoms with Crippen molar-refractivity contribution in [3.8, 4) is 11.5 Å². The fourth-order valence-electron chi connectivity index (χ4n) is 2.17. The van der Waals surface area contributed by atoms with E-state index < -0.39 is 0 Å². The van der Waals surface area contributed by atoms with Gasteiger partial charge >= 0.3 is 0 Å². The summed E-state index contributed by atoms with van der Waals surface area (Å²) in [6, 6.07) is 13.2. The van der Waals surface area contributed by atoms with Crippen LogP contribution in [0.25, 0.3) is 0 Å². The zero-order valence-electron chi connectivity index (χ0n) is 12.5. The fourth-order valence-corrected chi connectivity index (χ4v) is 2.41. The molecule has 0 aromatic heterocycles. The second kappa shape index (κ2) is 6.83. The number of ether oxygens (including phenoxy) is 2. The van der Waals surface area contributed by atoms with Crippen molar-refractivity contribution in [1.82, 2.24) is 0 Å². The molecule has 21 heavy (non-hydrogen) atoms. The van der Waals surface area contributed by atoms with E-state index in [-0.39, 0.29) is 12.1 Å². The first-order valence-electron chi connectivity index (χ1n) is 6.84. The van der Waals surface area contributed by atoms with Crippen molar-refractivity contribution in [3.63, 3.8) is 0 Å². The van der Waals surface area contributed by atoms with Crippen molar-refractivity contribution in [2.75, 3.05) is 7.11 Å². The maximum absolute atomic E-state index is 6.26. The van der Waals surface area contributed by atoms with Crippen molar-refractivity contribution in [2.45, 2.75) is 26.0 Å². The van der Waals surface area contributed by atoms with Crippen molar-refractivity contribution >= 4 is 11.6 Å². The molecule has 0 saturated carbocycles. The second-order valence-corrected chi connectivity index (χ2v) is 5.48. The molecule has 0 aliphatic carbocycles. The molecule has 3 nitrogen and oxygen atoms in total. The molecule has 2 rings (SSSR count). The summed E-state index contributed by atoms with van der Waals surface area (Å²) in [6.45, 7) is 3.90. The van der Waals surface area contributed by atoms with Crippen LogP contribution in [-0.2, 0) is 0 Å². The first-order valence-corrected chi connectivity index (χ1v) is 7.22. The largest absolute Gasteiger partial charge is 0.493 e. The average molecular weight is 306 g/mol. The minimum Gasteiger partial charge on any atom is -0.493 e. The number of methoxy groups -OCH3 is 1. The van der Waals surface area contributed by atoms with Crippen molar-refractivity contribution in [3.05, 3.63) is 58.6 Å². The predicted molar refractivity (Wildman–Crippen MR) is 86.2 cm³/mol. The van der Waals surface area contributed by atoms with Gasteiger partial charge in [-0.15, -0.1) is 0 Å². The lowest BCUT2D eigenvalue weighted by Crippen LogP contribution is -2.29. The number of aryl methyl sites for hydroxylation is 1. The van der Waals surface area contributed by atoms with Crippen LogP contribution in [0.4, 0.5) is 0 Å². The third-order valence-electron chi connectivity index (χ3n) is 3.26. The van der Waals surface area contributed by atoms with Gasteiger partial charge < -0.3 is 15.2 Å². The Kier molecular flexibility index (Phi) is 5.10. The number of nitrogens with two attached hydrogens (primary N) is 1. The van der Waals surface area contributed by atoms with Crippen LogP contribution in [0.2, 0.25) is 5.02 Å². The van der Waals surface area contributed by atoms with E-state index in [1.165, 1.54) is 0 Å². The molecule has 0 bridgehead atoms. The van der Waals surface area contributed by atoms with Crippen LogP contribution < -0.4 is 15.2 Å². The number of rotatable bonds is 5. The van der Waals surface area contributed by atoms with E-state index >= 15 is 0 Å². The summed E-state index contributed by atoms with van der Waals surface area (Å²) < 4.78 is 11.5. The molecule has 2 aromatic rings. The normalized spacial score (nSPS) is 13.6. The Morgan fingerprint density at radius 2 is 1.81 bits per heavy atom. The summed E-state index contributed by atoms with van der Waals surface area (Å²) in [5.74, 6) is 1.35. The van der Waals surface area contributed by atoms with Gasteiger partial charge in [0.1, 0.15) is 6.10 Å². The molecule has 2 atom stereocenters. The minimum absolute atomic E-state index is 0.212. The van der Waals surface area contributed by atoms with E-state index in [9.17, 15) is 0 Å². The number of benzene rings is 2. The molecule has 0 radical (unpaired) electrons. The Bertz CT molecular complexity index is 613. The minimum atomic E-state index is -0.338. The zero-order valence-corrected chi connectivity index (χ0v) is 13.2. The Morgan fingerprint density at radius 1 is 1.10 bits per heavy atom. The standard InChI is InChI=1S/C17H20ClNO2/c1-11-8-9-15(16(10-11)20-3)21-17(12(2)19)13-6-4-5-7-14(13)18/h4-10,12,17H,19H2,1-3H3. The number of halogens is 1. The Morgan fingerprint density at radius 3 is 2.43 bits per heavy atom. The third kappa shape index (κ3) is 3.69. The molecule has 0 aliphatic heterocycles. The molecular weight excluding hydrogens is 286 g/mol. The lowest BCUT2D eigenvalue weighted by atomic mass is 10.0. The van der Waals surface area contributed by atoms with Crippen LogP contribution in [-0.4, -0.2) is 13.2 Å². The van der Waals surface area contributed by atoms with Crippen LogP contribution in [0.15, 0.2) is 42.5 Å². The average Bonchev–Trinajstić information content (AvgIpc) is 2.46. The maximum Gasteiger partial charge on any atom is 0.162 e. The molecule has 0 aliphatic rings. The molecule has 4 heteroatoms. The van der Waals surface area contributed by atoms with Crippen LogP contribution in [0.5, 0.6) is 11.5 Å². The number of hydrogen-bond donors (Lipinski definition) is 1. The molecule has 2 N–H and O–H groups in total. The quantitative estimate of drug-likeness (QED) is 0.903. The molecule has 112 valence electrons. The van der Waals surface area contributed by atoms with Gasteiger partial charge in [0.05, 0.1) is 7.11 Å². The van der Waals surface area contributed by atoms with Gasteiger partial charge in [0.15, 0.2) is 11.5 Å². The van der Waals surface area contributed by atoms with Gasteiger partial charge in [-0.05, 0) is 37.6 Å². The van der Waals surface area contributed by atoms with Crippen LogP contribution >= 0.6 is 11.6 Å². The van der Waals surface area contributed by atoms with Crippen molar-refractivity contribution in [1.29, 1.82) is 0 Å². The molecular formula is C17H20ClNO2. The first-order chi connectivity index (χ1) is 10.0. The van der Waals surface area contributed by atoms with Gasteiger partial charge in [0, 0.05) is 16.6 Å².